The van der Waals surface area contributed by atoms with Gasteiger partial charge in [0.2, 0.25) is 0 Å². The van der Waals surface area contributed by atoms with Crippen LogP contribution in [0.5, 0.6) is 0 Å². The molecule has 0 bridgehead atoms. The minimum atomic E-state index is -0.261. The Morgan fingerprint density at radius 3 is 2.67 bits per heavy atom. The van der Waals surface area contributed by atoms with Crippen molar-refractivity contribution in [1.29, 1.82) is 0 Å². The van der Waals surface area contributed by atoms with Gasteiger partial charge in [-0.1, -0.05) is 0 Å². The van der Waals surface area contributed by atoms with E-state index in [1.54, 1.807) is 13.0 Å². The van der Waals surface area contributed by atoms with E-state index in [1.165, 1.54) is 0 Å². The van der Waals surface area contributed by atoms with Gasteiger partial charge in [-0.15, -0.1) is 0 Å². The van der Waals surface area contributed by atoms with Crippen LogP contribution in [0.1, 0.15) is 29.8 Å². The van der Waals surface area contributed by atoms with Crippen molar-refractivity contribution in [2.75, 3.05) is 18.5 Å². The van der Waals surface area contributed by atoms with Crippen molar-refractivity contribution >= 4 is 11.7 Å². The molecule has 0 radical (unpaired) electrons. The van der Waals surface area contributed by atoms with Crippen LogP contribution in [0.3, 0.4) is 0 Å². The third-order valence-electron chi connectivity index (χ3n) is 2.10. The number of carbonyl (C=O) groups excluding carboxylic acids is 1. The second-order valence-electron chi connectivity index (χ2n) is 3.28. The van der Waals surface area contributed by atoms with E-state index in [1.807, 2.05) is 26.0 Å². The number of esters is 1. The summed E-state index contributed by atoms with van der Waals surface area (Å²) in [5.74, 6) is -0.261. The average Bonchev–Trinajstić information content (AvgIpc) is 2.21. The lowest BCUT2D eigenvalue weighted by molar-refractivity contribution is 0.0526. The van der Waals surface area contributed by atoms with Gasteiger partial charge in [-0.3, -0.25) is 0 Å². The summed E-state index contributed by atoms with van der Waals surface area (Å²) in [6.45, 7) is 7.10. The Hall–Kier alpha value is -1.51. The Balaban J connectivity index is 2.86. The van der Waals surface area contributed by atoms with Crippen LogP contribution < -0.4 is 5.32 Å². The molecule has 0 saturated carbocycles. The Labute approximate surface area is 90.4 Å². The molecular weight excluding hydrogens is 190 g/mol. The highest BCUT2D eigenvalue weighted by Gasteiger charge is 2.07. The second-order valence-corrected chi connectivity index (χ2v) is 3.28. The monoisotopic (exact) mass is 207 g/mol. The Kier molecular flexibility index (Phi) is 4.16. The molecule has 3 nitrogen and oxygen atoms in total. The van der Waals surface area contributed by atoms with Gasteiger partial charge in [-0.25, -0.2) is 4.79 Å². The van der Waals surface area contributed by atoms with E-state index >= 15 is 0 Å². The van der Waals surface area contributed by atoms with Gasteiger partial charge >= 0.3 is 5.97 Å². The lowest BCUT2D eigenvalue weighted by atomic mass is 10.1. The number of ether oxygens (including phenoxy) is 1. The van der Waals surface area contributed by atoms with Gasteiger partial charge < -0.3 is 10.1 Å². The maximum Gasteiger partial charge on any atom is 0.338 e. The SMILES string of the molecule is CCNc1ccc(C(=O)OCC)cc1C. The Bertz CT molecular complexity index is 347. The third-order valence-corrected chi connectivity index (χ3v) is 2.10. The number of hydrogen-bond acceptors (Lipinski definition) is 3. The zero-order valence-corrected chi connectivity index (χ0v) is 9.46. The highest BCUT2D eigenvalue weighted by atomic mass is 16.5. The molecule has 0 aromatic heterocycles. The number of benzene rings is 1. The quantitative estimate of drug-likeness (QED) is 0.771. The number of aryl methyl sites for hydroxylation is 1. The molecule has 0 unspecified atom stereocenters. The highest BCUT2D eigenvalue weighted by molar-refractivity contribution is 5.90. The van der Waals surface area contributed by atoms with Crippen LogP contribution in [0.25, 0.3) is 0 Å². The molecule has 0 fully saturated rings. The number of rotatable bonds is 4. The topological polar surface area (TPSA) is 38.3 Å². The zero-order chi connectivity index (χ0) is 11.3. The van der Waals surface area contributed by atoms with Crippen molar-refractivity contribution < 1.29 is 9.53 Å². The van der Waals surface area contributed by atoms with E-state index in [0.717, 1.165) is 17.8 Å². The molecule has 1 aromatic carbocycles. The normalized spacial score (nSPS) is 9.80. The van der Waals surface area contributed by atoms with Gasteiger partial charge in [0, 0.05) is 12.2 Å². The summed E-state index contributed by atoms with van der Waals surface area (Å²) in [4.78, 5) is 11.4. The molecule has 82 valence electrons. The third kappa shape index (κ3) is 2.98. The fourth-order valence-corrected chi connectivity index (χ4v) is 1.39. The lowest BCUT2D eigenvalue weighted by Gasteiger charge is -2.08. The molecule has 1 rings (SSSR count). The van der Waals surface area contributed by atoms with Gasteiger partial charge in [-0.05, 0) is 44.5 Å². The molecule has 0 saturated heterocycles. The first-order chi connectivity index (χ1) is 7.19. The van der Waals surface area contributed by atoms with E-state index in [9.17, 15) is 4.79 Å². The zero-order valence-electron chi connectivity index (χ0n) is 9.46. The standard InChI is InChI=1S/C12H17NO2/c1-4-13-11-7-6-10(8-9(11)3)12(14)15-5-2/h6-8,13H,4-5H2,1-3H3. The van der Waals surface area contributed by atoms with Gasteiger partial charge in [0.05, 0.1) is 12.2 Å². The molecule has 0 aliphatic rings. The van der Waals surface area contributed by atoms with E-state index < -0.39 is 0 Å². The molecule has 3 heteroatoms. The minimum Gasteiger partial charge on any atom is -0.462 e. The molecule has 15 heavy (non-hydrogen) atoms. The summed E-state index contributed by atoms with van der Waals surface area (Å²) >= 11 is 0. The summed E-state index contributed by atoms with van der Waals surface area (Å²) in [5.41, 5.74) is 2.73. The maximum absolute atomic E-state index is 11.4. The first kappa shape index (κ1) is 11.6. The first-order valence-electron chi connectivity index (χ1n) is 5.20. The van der Waals surface area contributed by atoms with Gasteiger partial charge in [-0.2, -0.15) is 0 Å². The van der Waals surface area contributed by atoms with E-state index in [2.05, 4.69) is 5.32 Å². The van der Waals surface area contributed by atoms with Gasteiger partial charge in [0.15, 0.2) is 0 Å². The smallest absolute Gasteiger partial charge is 0.338 e. The van der Waals surface area contributed by atoms with Crippen molar-refractivity contribution in [3.05, 3.63) is 29.3 Å². The van der Waals surface area contributed by atoms with Crippen LogP contribution >= 0.6 is 0 Å². The number of carbonyl (C=O) groups is 1. The largest absolute Gasteiger partial charge is 0.462 e. The first-order valence-corrected chi connectivity index (χ1v) is 5.20. The fraction of sp³-hybridized carbons (Fsp3) is 0.417. The molecule has 0 aliphatic heterocycles. The van der Waals surface area contributed by atoms with Crippen LogP contribution in [0.4, 0.5) is 5.69 Å². The molecule has 0 amide bonds. The average molecular weight is 207 g/mol. The van der Waals surface area contributed by atoms with Crippen molar-refractivity contribution in [2.24, 2.45) is 0 Å². The summed E-state index contributed by atoms with van der Waals surface area (Å²) < 4.78 is 4.92. The highest BCUT2D eigenvalue weighted by Crippen LogP contribution is 2.16. The van der Waals surface area contributed by atoms with E-state index in [0.29, 0.717) is 12.2 Å². The van der Waals surface area contributed by atoms with Crippen LogP contribution in [-0.2, 0) is 4.74 Å². The minimum absolute atomic E-state index is 0.261. The Morgan fingerprint density at radius 2 is 2.13 bits per heavy atom. The van der Waals surface area contributed by atoms with Crippen LogP contribution in [0.15, 0.2) is 18.2 Å². The van der Waals surface area contributed by atoms with E-state index in [-0.39, 0.29) is 5.97 Å². The summed E-state index contributed by atoms with van der Waals surface area (Å²) in [6, 6.07) is 5.53. The molecule has 1 aromatic rings. The fourth-order valence-electron chi connectivity index (χ4n) is 1.39. The van der Waals surface area contributed by atoms with Gasteiger partial charge in [0.25, 0.3) is 0 Å². The van der Waals surface area contributed by atoms with Crippen molar-refractivity contribution in [3.8, 4) is 0 Å². The molecule has 0 heterocycles. The molecule has 0 aliphatic carbocycles. The van der Waals surface area contributed by atoms with Crippen molar-refractivity contribution in [1.82, 2.24) is 0 Å². The summed E-state index contributed by atoms with van der Waals surface area (Å²) in [5, 5.41) is 3.22. The van der Waals surface area contributed by atoms with Crippen molar-refractivity contribution in [2.45, 2.75) is 20.8 Å². The second kappa shape index (κ2) is 5.39. The number of anilines is 1. The predicted octanol–water partition coefficient (Wildman–Crippen LogP) is 2.60. The maximum atomic E-state index is 11.4. The van der Waals surface area contributed by atoms with Crippen LogP contribution in [0.2, 0.25) is 0 Å². The molecule has 1 N–H and O–H groups in total. The summed E-state index contributed by atoms with van der Waals surface area (Å²) in [6.07, 6.45) is 0. The van der Waals surface area contributed by atoms with Crippen LogP contribution in [-0.4, -0.2) is 19.1 Å². The number of nitrogens with one attached hydrogen (secondary N) is 1. The van der Waals surface area contributed by atoms with Crippen LogP contribution in [0, 0.1) is 6.92 Å². The predicted molar refractivity (Wildman–Crippen MR) is 61.3 cm³/mol. The van der Waals surface area contributed by atoms with Gasteiger partial charge in [0.1, 0.15) is 0 Å². The summed E-state index contributed by atoms with van der Waals surface area (Å²) in [7, 11) is 0. The van der Waals surface area contributed by atoms with E-state index in [4.69, 9.17) is 4.74 Å². The number of hydrogen-bond donors (Lipinski definition) is 1. The Morgan fingerprint density at radius 1 is 1.40 bits per heavy atom. The molecular formula is C12H17NO2. The lowest BCUT2D eigenvalue weighted by Crippen LogP contribution is -2.06. The van der Waals surface area contributed by atoms with Crippen molar-refractivity contribution in [3.63, 3.8) is 0 Å². The molecule has 0 atom stereocenters. The molecule has 0 spiro atoms.